The van der Waals surface area contributed by atoms with E-state index in [0.717, 1.165) is 6.20 Å². The number of carbonyl (C=O) groups is 2. The zero-order chi connectivity index (χ0) is 13.5. The zero-order valence-corrected chi connectivity index (χ0v) is 9.64. The number of nitriles is 1. The molecule has 0 saturated heterocycles. The van der Waals surface area contributed by atoms with Gasteiger partial charge in [0.2, 0.25) is 0 Å². The van der Waals surface area contributed by atoms with Crippen molar-refractivity contribution in [1.29, 1.82) is 5.26 Å². The molecule has 0 aromatic heterocycles. The maximum absolute atomic E-state index is 11.4. The highest BCUT2D eigenvalue weighted by atomic mass is 16.5. The number of para-hydroxylation sites is 1. The molecule has 1 amide bonds. The van der Waals surface area contributed by atoms with Crippen LogP contribution in [0, 0.1) is 11.3 Å². The molecule has 6 heteroatoms. The van der Waals surface area contributed by atoms with Crippen molar-refractivity contribution in [2.75, 3.05) is 12.4 Å². The number of anilines is 1. The van der Waals surface area contributed by atoms with Crippen LogP contribution in [0.1, 0.15) is 10.4 Å². The molecule has 0 aliphatic heterocycles. The first-order valence-corrected chi connectivity index (χ1v) is 4.94. The van der Waals surface area contributed by atoms with Gasteiger partial charge in [0, 0.05) is 6.20 Å². The Morgan fingerprint density at radius 2 is 2.11 bits per heavy atom. The summed E-state index contributed by atoms with van der Waals surface area (Å²) in [6, 6.07) is 8.17. The van der Waals surface area contributed by atoms with Gasteiger partial charge in [-0.1, -0.05) is 12.1 Å². The molecular formula is C12H11N3O3. The van der Waals surface area contributed by atoms with Gasteiger partial charge in [-0.2, -0.15) is 5.26 Å². The molecule has 92 valence electrons. The number of hydrogen-bond donors (Lipinski definition) is 2. The molecule has 18 heavy (non-hydrogen) atoms. The lowest BCUT2D eigenvalue weighted by molar-refractivity contribution is -0.114. The summed E-state index contributed by atoms with van der Waals surface area (Å²) in [6.45, 7) is 0. The normalized spacial score (nSPS) is 10.3. The third kappa shape index (κ3) is 3.09. The Morgan fingerprint density at radius 3 is 2.67 bits per heavy atom. The van der Waals surface area contributed by atoms with E-state index < -0.39 is 11.9 Å². The van der Waals surface area contributed by atoms with Crippen LogP contribution in [0.25, 0.3) is 0 Å². The molecule has 0 unspecified atom stereocenters. The van der Waals surface area contributed by atoms with Crippen molar-refractivity contribution < 1.29 is 14.3 Å². The van der Waals surface area contributed by atoms with Gasteiger partial charge in [-0.05, 0) is 12.1 Å². The minimum Gasteiger partial charge on any atom is -0.465 e. The number of ether oxygens (including phenoxy) is 1. The summed E-state index contributed by atoms with van der Waals surface area (Å²) in [5.74, 6) is -1.37. The zero-order valence-electron chi connectivity index (χ0n) is 9.64. The van der Waals surface area contributed by atoms with Gasteiger partial charge in [0.25, 0.3) is 5.91 Å². The third-order valence-corrected chi connectivity index (χ3v) is 2.09. The molecule has 0 aliphatic rings. The van der Waals surface area contributed by atoms with E-state index in [1.807, 2.05) is 0 Å². The number of esters is 1. The number of carbonyl (C=O) groups excluding carboxylic acids is 2. The lowest BCUT2D eigenvalue weighted by Crippen LogP contribution is -2.14. The molecular weight excluding hydrogens is 234 g/mol. The SMILES string of the molecule is COC(=O)c1ccccc1N/C=C(\C#N)C(N)=O. The minimum atomic E-state index is -0.847. The van der Waals surface area contributed by atoms with E-state index in [9.17, 15) is 9.59 Å². The van der Waals surface area contributed by atoms with Crippen molar-refractivity contribution in [2.45, 2.75) is 0 Å². The lowest BCUT2D eigenvalue weighted by atomic mass is 10.2. The van der Waals surface area contributed by atoms with Crippen molar-refractivity contribution >= 4 is 17.6 Å². The predicted octanol–water partition coefficient (Wildman–Crippen LogP) is 0.778. The van der Waals surface area contributed by atoms with E-state index in [2.05, 4.69) is 10.1 Å². The van der Waals surface area contributed by atoms with Gasteiger partial charge in [-0.3, -0.25) is 4.79 Å². The number of nitrogens with two attached hydrogens (primary N) is 1. The van der Waals surface area contributed by atoms with Gasteiger partial charge < -0.3 is 15.8 Å². The first-order chi connectivity index (χ1) is 8.60. The summed E-state index contributed by atoms with van der Waals surface area (Å²) in [5, 5.41) is 11.3. The number of amides is 1. The molecule has 0 radical (unpaired) electrons. The third-order valence-electron chi connectivity index (χ3n) is 2.09. The van der Waals surface area contributed by atoms with E-state index >= 15 is 0 Å². The van der Waals surface area contributed by atoms with Gasteiger partial charge in [0.05, 0.1) is 18.4 Å². The maximum Gasteiger partial charge on any atom is 0.339 e. The highest BCUT2D eigenvalue weighted by molar-refractivity contribution is 5.98. The molecule has 1 aromatic carbocycles. The summed E-state index contributed by atoms with van der Waals surface area (Å²) >= 11 is 0. The fourth-order valence-corrected chi connectivity index (χ4v) is 1.21. The first-order valence-electron chi connectivity index (χ1n) is 4.94. The molecule has 0 aliphatic carbocycles. The van der Waals surface area contributed by atoms with E-state index in [0.29, 0.717) is 5.69 Å². The second kappa shape index (κ2) is 6.06. The topological polar surface area (TPSA) is 105 Å². The highest BCUT2D eigenvalue weighted by Crippen LogP contribution is 2.16. The van der Waals surface area contributed by atoms with Gasteiger partial charge >= 0.3 is 5.97 Å². The molecule has 0 saturated carbocycles. The second-order valence-corrected chi connectivity index (χ2v) is 3.22. The first kappa shape index (κ1) is 13.3. The maximum atomic E-state index is 11.4. The van der Waals surface area contributed by atoms with Gasteiger partial charge in [-0.15, -0.1) is 0 Å². The number of rotatable bonds is 4. The Morgan fingerprint density at radius 1 is 1.44 bits per heavy atom. The van der Waals surface area contributed by atoms with Crippen molar-refractivity contribution in [1.82, 2.24) is 0 Å². The van der Waals surface area contributed by atoms with Crippen LogP contribution in [0.15, 0.2) is 36.0 Å². The largest absolute Gasteiger partial charge is 0.465 e. The monoisotopic (exact) mass is 245 g/mol. The number of nitrogens with zero attached hydrogens (tertiary/aromatic N) is 1. The van der Waals surface area contributed by atoms with E-state index in [1.165, 1.54) is 7.11 Å². The molecule has 0 spiro atoms. The van der Waals surface area contributed by atoms with Crippen LogP contribution in [0.5, 0.6) is 0 Å². The van der Waals surface area contributed by atoms with Crippen molar-refractivity contribution in [3.8, 4) is 6.07 Å². The summed E-state index contributed by atoms with van der Waals surface area (Å²) < 4.78 is 4.60. The van der Waals surface area contributed by atoms with Crippen LogP contribution >= 0.6 is 0 Å². The number of hydrogen-bond acceptors (Lipinski definition) is 5. The Balaban J connectivity index is 3.02. The minimum absolute atomic E-state index is 0.241. The summed E-state index contributed by atoms with van der Waals surface area (Å²) in [4.78, 5) is 22.3. The highest BCUT2D eigenvalue weighted by Gasteiger charge is 2.10. The predicted molar refractivity (Wildman–Crippen MR) is 64.3 cm³/mol. The van der Waals surface area contributed by atoms with Crippen LogP contribution in [0.3, 0.4) is 0 Å². The molecule has 0 atom stereocenters. The van der Waals surface area contributed by atoms with Crippen LogP contribution < -0.4 is 11.1 Å². The number of benzene rings is 1. The van der Waals surface area contributed by atoms with Gasteiger partial charge in [0.1, 0.15) is 11.6 Å². The molecule has 3 N–H and O–H groups in total. The van der Waals surface area contributed by atoms with E-state index in [1.54, 1.807) is 30.3 Å². The average molecular weight is 245 g/mol. The molecule has 1 aromatic rings. The number of nitrogens with one attached hydrogen (secondary N) is 1. The van der Waals surface area contributed by atoms with Crippen molar-refractivity contribution in [2.24, 2.45) is 5.73 Å². The quantitative estimate of drug-likeness (QED) is 0.463. The summed E-state index contributed by atoms with van der Waals surface area (Å²) in [5.41, 5.74) is 5.44. The van der Waals surface area contributed by atoms with Crippen LogP contribution in [-0.2, 0) is 9.53 Å². The Kier molecular flexibility index (Phi) is 4.46. The van der Waals surface area contributed by atoms with Crippen LogP contribution in [0.2, 0.25) is 0 Å². The average Bonchev–Trinajstić information content (AvgIpc) is 2.38. The Labute approximate surface area is 104 Å². The Hall–Kier alpha value is -2.81. The fraction of sp³-hybridized carbons (Fsp3) is 0.0833. The summed E-state index contributed by atoms with van der Waals surface area (Å²) in [7, 11) is 1.26. The lowest BCUT2D eigenvalue weighted by Gasteiger charge is -2.07. The molecule has 1 rings (SSSR count). The molecule has 0 fully saturated rings. The standard InChI is InChI=1S/C12H11N3O3/c1-18-12(17)9-4-2-3-5-10(9)15-7-8(6-13)11(14)16/h2-5,7,15H,1H3,(H2,14,16)/b8-7+. The summed E-state index contributed by atoms with van der Waals surface area (Å²) in [6.07, 6.45) is 1.14. The smallest absolute Gasteiger partial charge is 0.339 e. The van der Waals surface area contributed by atoms with Gasteiger partial charge in [-0.25, -0.2) is 4.79 Å². The van der Waals surface area contributed by atoms with Crippen molar-refractivity contribution in [3.05, 3.63) is 41.6 Å². The number of methoxy groups -OCH3 is 1. The van der Waals surface area contributed by atoms with Crippen LogP contribution in [0.4, 0.5) is 5.69 Å². The fourth-order valence-electron chi connectivity index (χ4n) is 1.21. The molecule has 0 bridgehead atoms. The van der Waals surface area contributed by atoms with Gasteiger partial charge in [0.15, 0.2) is 0 Å². The van der Waals surface area contributed by atoms with Crippen LogP contribution in [-0.4, -0.2) is 19.0 Å². The van der Waals surface area contributed by atoms with E-state index in [4.69, 9.17) is 11.0 Å². The molecule has 0 heterocycles. The number of primary amides is 1. The molecule has 6 nitrogen and oxygen atoms in total. The second-order valence-electron chi connectivity index (χ2n) is 3.22. The van der Waals surface area contributed by atoms with E-state index in [-0.39, 0.29) is 11.1 Å². The Bertz CT molecular complexity index is 544. The van der Waals surface area contributed by atoms with Crippen molar-refractivity contribution in [3.63, 3.8) is 0 Å².